The Balaban J connectivity index is 4.15. The quantitative estimate of drug-likeness (QED) is 0.651. The summed E-state index contributed by atoms with van der Waals surface area (Å²) in [5, 5.41) is 10.3. The molecule has 0 saturated heterocycles. The van der Waals surface area contributed by atoms with Gasteiger partial charge < -0.3 is 5.11 Å². The van der Waals surface area contributed by atoms with E-state index in [1.165, 1.54) is 0 Å². The van der Waals surface area contributed by atoms with Crippen LogP contribution in [0.4, 0.5) is 0 Å². The lowest BCUT2D eigenvalue weighted by molar-refractivity contribution is -0.0297. The van der Waals surface area contributed by atoms with Crippen LogP contribution in [0.1, 0.15) is 59.8 Å². The fourth-order valence-corrected chi connectivity index (χ4v) is 1.86. The van der Waals surface area contributed by atoms with Crippen LogP contribution in [0.3, 0.4) is 0 Å². The van der Waals surface area contributed by atoms with Crippen molar-refractivity contribution >= 4 is 0 Å². The third kappa shape index (κ3) is 3.14. The fourth-order valence-electron chi connectivity index (χ4n) is 1.86. The van der Waals surface area contributed by atoms with Crippen molar-refractivity contribution in [1.29, 1.82) is 0 Å². The van der Waals surface area contributed by atoms with Gasteiger partial charge in [-0.05, 0) is 18.8 Å². The Morgan fingerprint density at radius 3 is 1.75 bits per heavy atom. The van der Waals surface area contributed by atoms with Gasteiger partial charge in [-0.25, -0.2) is 0 Å². The molecule has 0 radical (unpaired) electrons. The van der Waals surface area contributed by atoms with Crippen LogP contribution in [0, 0.1) is 5.92 Å². The first-order valence-electron chi connectivity index (χ1n) is 5.33. The molecular weight excluding hydrogens is 148 g/mol. The van der Waals surface area contributed by atoms with Crippen LogP contribution in [-0.4, -0.2) is 10.7 Å². The minimum atomic E-state index is -0.391. The second kappa shape index (κ2) is 5.58. The van der Waals surface area contributed by atoms with E-state index >= 15 is 0 Å². The van der Waals surface area contributed by atoms with Crippen LogP contribution in [-0.2, 0) is 0 Å². The van der Waals surface area contributed by atoms with Crippen LogP contribution in [0.25, 0.3) is 0 Å². The number of aliphatic hydroxyl groups is 1. The maximum atomic E-state index is 10.3. The highest BCUT2D eigenvalue weighted by Crippen LogP contribution is 2.30. The van der Waals surface area contributed by atoms with Gasteiger partial charge in [0.25, 0.3) is 0 Å². The molecule has 0 aliphatic rings. The summed E-state index contributed by atoms with van der Waals surface area (Å²) in [6, 6.07) is 0. The monoisotopic (exact) mass is 172 g/mol. The van der Waals surface area contributed by atoms with E-state index in [1.54, 1.807) is 0 Å². The second-order valence-electron chi connectivity index (χ2n) is 3.91. The molecule has 0 bridgehead atoms. The molecule has 0 aromatic heterocycles. The lowest BCUT2D eigenvalue weighted by atomic mass is 9.80. The molecule has 74 valence electrons. The summed E-state index contributed by atoms with van der Waals surface area (Å²) in [5.74, 6) is 0.442. The summed E-state index contributed by atoms with van der Waals surface area (Å²) in [7, 11) is 0. The first-order chi connectivity index (χ1) is 5.60. The normalized spacial score (nSPS) is 14.8. The molecule has 0 fully saturated rings. The molecule has 1 heteroatoms. The Bertz CT molecular complexity index is 104. The van der Waals surface area contributed by atoms with Gasteiger partial charge in [-0.1, -0.05) is 47.0 Å². The molecule has 1 nitrogen and oxygen atoms in total. The first-order valence-corrected chi connectivity index (χ1v) is 5.33. The van der Waals surface area contributed by atoms with E-state index in [9.17, 15) is 5.11 Å². The van der Waals surface area contributed by atoms with Gasteiger partial charge in [0.1, 0.15) is 0 Å². The molecule has 1 atom stereocenters. The zero-order valence-electron chi connectivity index (χ0n) is 9.06. The van der Waals surface area contributed by atoms with E-state index in [0.29, 0.717) is 5.92 Å². The van der Waals surface area contributed by atoms with Gasteiger partial charge in [-0.2, -0.15) is 0 Å². The highest BCUT2D eigenvalue weighted by molar-refractivity contribution is 4.82. The highest BCUT2D eigenvalue weighted by atomic mass is 16.3. The summed E-state index contributed by atoms with van der Waals surface area (Å²) in [6.07, 6.45) is 5.16. The lowest BCUT2D eigenvalue weighted by Crippen LogP contribution is -2.35. The third-order valence-electron chi connectivity index (χ3n) is 2.90. The molecule has 0 aliphatic carbocycles. The smallest absolute Gasteiger partial charge is 0.0672 e. The average molecular weight is 172 g/mol. The van der Waals surface area contributed by atoms with Crippen molar-refractivity contribution in [3.05, 3.63) is 0 Å². The minimum Gasteiger partial charge on any atom is -0.390 e. The predicted molar refractivity (Wildman–Crippen MR) is 54.2 cm³/mol. The van der Waals surface area contributed by atoms with E-state index in [0.717, 1.165) is 32.1 Å². The van der Waals surface area contributed by atoms with Crippen molar-refractivity contribution < 1.29 is 5.11 Å². The topological polar surface area (TPSA) is 20.2 Å². The summed E-state index contributed by atoms with van der Waals surface area (Å²) >= 11 is 0. The standard InChI is InChI=1S/C11H24O/c1-5-8-11(12,9-6-2)10(4)7-3/h10,12H,5-9H2,1-4H3/t10-/m1/s1. The fraction of sp³-hybridized carbons (Fsp3) is 1.00. The van der Waals surface area contributed by atoms with Crippen LogP contribution >= 0.6 is 0 Å². The van der Waals surface area contributed by atoms with Gasteiger partial charge in [0.2, 0.25) is 0 Å². The van der Waals surface area contributed by atoms with Gasteiger partial charge in [0.05, 0.1) is 5.60 Å². The summed E-state index contributed by atoms with van der Waals surface area (Å²) in [4.78, 5) is 0. The van der Waals surface area contributed by atoms with E-state index in [1.807, 2.05) is 0 Å². The van der Waals surface area contributed by atoms with Crippen LogP contribution < -0.4 is 0 Å². The maximum Gasteiger partial charge on any atom is 0.0672 e. The summed E-state index contributed by atoms with van der Waals surface area (Å²) < 4.78 is 0. The largest absolute Gasteiger partial charge is 0.390 e. The number of hydrogen-bond donors (Lipinski definition) is 1. The molecule has 0 unspecified atom stereocenters. The molecule has 12 heavy (non-hydrogen) atoms. The maximum absolute atomic E-state index is 10.3. The average Bonchev–Trinajstić information content (AvgIpc) is 2.04. The van der Waals surface area contributed by atoms with Crippen molar-refractivity contribution in [2.24, 2.45) is 5.92 Å². The Labute approximate surface area is 77.2 Å². The molecule has 0 aromatic carbocycles. The highest BCUT2D eigenvalue weighted by Gasteiger charge is 2.30. The number of hydrogen-bond acceptors (Lipinski definition) is 1. The Morgan fingerprint density at radius 1 is 1.08 bits per heavy atom. The van der Waals surface area contributed by atoms with Crippen molar-refractivity contribution in [2.45, 2.75) is 65.4 Å². The molecule has 0 saturated carbocycles. The molecule has 0 rings (SSSR count). The molecule has 0 aliphatic heterocycles. The third-order valence-corrected chi connectivity index (χ3v) is 2.90. The van der Waals surface area contributed by atoms with E-state index in [-0.39, 0.29) is 0 Å². The molecular formula is C11H24O. The zero-order chi connectivity index (χ0) is 9.61. The number of rotatable bonds is 6. The molecule has 0 aromatic rings. The molecule has 0 spiro atoms. The van der Waals surface area contributed by atoms with Gasteiger partial charge in [-0.3, -0.25) is 0 Å². The Hall–Kier alpha value is -0.0400. The summed E-state index contributed by atoms with van der Waals surface area (Å²) in [6.45, 7) is 8.60. The molecule has 0 heterocycles. The van der Waals surface area contributed by atoms with Gasteiger partial charge in [-0.15, -0.1) is 0 Å². The van der Waals surface area contributed by atoms with Gasteiger partial charge in [0, 0.05) is 0 Å². The lowest BCUT2D eigenvalue weighted by Gasteiger charge is -2.33. The Kier molecular flexibility index (Phi) is 5.56. The van der Waals surface area contributed by atoms with E-state index in [2.05, 4.69) is 27.7 Å². The van der Waals surface area contributed by atoms with Crippen LogP contribution in [0.5, 0.6) is 0 Å². The second-order valence-corrected chi connectivity index (χ2v) is 3.91. The van der Waals surface area contributed by atoms with Crippen molar-refractivity contribution in [3.63, 3.8) is 0 Å². The van der Waals surface area contributed by atoms with Gasteiger partial charge >= 0.3 is 0 Å². The minimum absolute atomic E-state index is 0.391. The first kappa shape index (κ1) is 12.0. The van der Waals surface area contributed by atoms with E-state index < -0.39 is 5.60 Å². The van der Waals surface area contributed by atoms with Crippen LogP contribution in [0.2, 0.25) is 0 Å². The van der Waals surface area contributed by atoms with Crippen molar-refractivity contribution in [3.8, 4) is 0 Å². The molecule has 1 N–H and O–H groups in total. The van der Waals surface area contributed by atoms with Crippen LogP contribution in [0.15, 0.2) is 0 Å². The summed E-state index contributed by atoms with van der Waals surface area (Å²) in [5.41, 5.74) is -0.391. The van der Waals surface area contributed by atoms with Gasteiger partial charge in [0.15, 0.2) is 0 Å². The SMILES string of the molecule is CCCC(O)(CCC)[C@H](C)CC. The zero-order valence-corrected chi connectivity index (χ0v) is 9.06. The van der Waals surface area contributed by atoms with Crippen molar-refractivity contribution in [1.82, 2.24) is 0 Å². The van der Waals surface area contributed by atoms with E-state index in [4.69, 9.17) is 0 Å². The molecule has 0 amide bonds. The van der Waals surface area contributed by atoms with Crippen molar-refractivity contribution in [2.75, 3.05) is 0 Å². The predicted octanol–water partition coefficient (Wildman–Crippen LogP) is 3.36. The Morgan fingerprint density at radius 2 is 1.50 bits per heavy atom.